The Kier molecular flexibility index (Phi) is 5.28. The van der Waals surface area contributed by atoms with E-state index < -0.39 is 5.92 Å². The minimum absolute atomic E-state index is 0.124. The first kappa shape index (κ1) is 19.5. The molecule has 6 nitrogen and oxygen atoms in total. The summed E-state index contributed by atoms with van der Waals surface area (Å²) >= 11 is 6.40. The van der Waals surface area contributed by atoms with Gasteiger partial charge >= 0.3 is 5.97 Å². The van der Waals surface area contributed by atoms with Gasteiger partial charge in [-0.05, 0) is 49.2 Å². The number of ether oxygens (including phenoxy) is 1. The number of oxazole rings is 1. The van der Waals surface area contributed by atoms with Crippen LogP contribution in [0, 0.1) is 5.92 Å². The molecule has 29 heavy (non-hydrogen) atoms. The molecule has 0 radical (unpaired) electrons. The number of carbonyl (C=O) groups is 2. The standard InChI is InChI=1S/C22H21ClN2O4/c1-3-13-5-8-19-18(9-13)24-21(29-19)16-11-15(6-7-17(16)23)25-12-14(10-20(25)26)22(27)28-4-2/h5-9,11,14H,3-4,10,12H2,1-2H3/t14-/m1/s1. The molecule has 1 aliphatic rings. The summed E-state index contributed by atoms with van der Waals surface area (Å²) in [7, 11) is 0. The molecule has 2 heterocycles. The molecule has 1 atom stereocenters. The fourth-order valence-electron chi connectivity index (χ4n) is 3.53. The number of fused-ring (bicyclic) bond motifs is 1. The normalized spacial score (nSPS) is 16.6. The molecule has 0 N–H and O–H groups in total. The summed E-state index contributed by atoms with van der Waals surface area (Å²) in [5.41, 5.74) is 3.87. The Morgan fingerprint density at radius 1 is 1.28 bits per heavy atom. The van der Waals surface area contributed by atoms with Gasteiger partial charge in [0.05, 0.1) is 23.1 Å². The topological polar surface area (TPSA) is 72.6 Å². The predicted octanol–water partition coefficient (Wildman–Crippen LogP) is 4.63. The van der Waals surface area contributed by atoms with Gasteiger partial charge in [-0.25, -0.2) is 4.98 Å². The molecule has 0 spiro atoms. The van der Waals surface area contributed by atoms with Gasteiger partial charge in [-0.15, -0.1) is 0 Å². The van der Waals surface area contributed by atoms with E-state index in [2.05, 4.69) is 11.9 Å². The number of anilines is 1. The van der Waals surface area contributed by atoms with Gasteiger partial charge in [0.25, 0.3) is 0 Å². The molecule has 3 aromatic rings. The van der Waals surface area contributed by atoms with Gasteiger partial charge in [-0.3, -0.25) is 9.59 Å². The highest BCUT2D eigenvalue weighted by Crippen LogP contribution is 2.35. The molecule has 0 unspecified atom stereocenters. The molecule has 1 fully saturated rings. The van der Waals surface area contributed by atoms with Gasteiger partial charge in [0.2, 0.25) is 11.8 Å². The Bertz CT molecular complexity index is 1090. The molecule has 0 saturated carbocycles. The number of nitrogens with zero attached hydrogens (tertiary/aromatic N) is 2. The van der Waals surface area contributed by atoms with Gasteiger partial charge in [0.1, 0.15) is 5.52 Å². The van der Waals surface area contributed by atoms with Gasteiger partial charge in [-0.1, -0.05) is 24.6 Å². The molecule has 7 heteroatoms. The van der Waals surface area contributed by atoms with E-state index in [1.807, 2.05) is 18.2 Å². The molecule has 1 aromatic heterocycles. The highest BCUT2D eigenvalue weighted by molar-refractivity contribution is 6.33. The van der Waals surface area contributed by atoms with E-state index in [1.165, 1.54) is 5.56 Å². The van der Waals surface area contributed by atoms with Crippen molar-refractivity contribution in [1.29, 1.82) is 0 Å². The van der Waals surface area contributed by atoms with Crippen LogP contribution >= 0.6 is 11.6 Å². The van der Waals surface area contributed by atoms with Crippen molar-refractivity contribution in [2.75, 3.05) is 18.1 Å². The Morgan fingerprint density at radius 2 is 2.10 bits per heavy atom. The zero-order valence-electron chi connectivity index (χ0n) is 16.3. The van der Waals surface area contributed by atoms with E-state index in [9.17, 15) is 9.59 Å². The second kappa shape index (κ2) is 7.87. The summed E-state index contributed by atoms with van der Waals surface area (Å²) in [4.78, 5) is 30.7. The van der Waals surface area contributed by atoms with Crippen LogP contribution in [0.1, 0.15) is 25.8 Å². The largest absolute Gasteiger partial charge is 0.466 e. The maximum atomic E-state index is 12.5. The molecule has 1 aliphatic heterocycles. The summed E-state index contributed by atoms with van der Waals surface area (Å²) in [5, 5.41) is 0.476. The van der Waals surface area contributed by atoms with Crippen LogP contribution in [0.2, 0.25) is 5.02 Å². The van der Waals surface area contributed by atoms with E-state index in [0.29, 0.717) is 34.4 Å². The Morgan fingerprint density at radius 3 is 2.86 bits per heavy atom. The number of aromatic nitrogens is 1. The third-order valence-corrected chi connectivity index (χ3v) is 5.43. The third kappa shape index (κ3) is 3.72. The van der Waals surface area contributed by atoms with Crippen LogP contribution in [0.5, 0.6) is 0 Å². The van der Waals surface area contributed by atoms with E-state index in [4.69, 9.17) is 20.8 Å². The molecule has 1 saturated heterocycles. The second-order valence-corrected chi connectivity index (χ2v) is 7.40. The summed E-state index contributed by atoms with van der Waals surface area (Å²) in [6, 6.07) is 11.1. The van der Waals surface area contributed by atoms with Crippen molar-refractivity contribution in [3.05, 3.63) is 47.0 Å². The fourth-order valence-corrected chi connectivity index (χ4v) is 3.73. The van der Waals surface area contributed by atoms with Crippen LogP contribution in [-0.2, 0) is 20.7 Å². The minimum Gasteiger partial charge on any atom is -0.466 e. The quantitative estimate of drug-likeness (QED) is 0.571. The van der Waals surface area contributed by atoms with Crippen LogP contribution in [-0.4, -0.2) is 30.0 Å². The number of rotatable bonds is 5. The lowest BCUT2D eigenvalue weighted by Gasteiger charge is -2.17. The first-order chi connectivity index (χ1) is 14.0. The third-order valence-electron chi connectivity index (χ3n) is 5.10. The van der Waals surface area contributed by atoms with Crippen molar-refractivity contribution in [3.8, 4) is 11.5 Å². The SMILES string of the molecule is CCOC(=O)[C@@H]1CC(=O)N(c2ccc(Cl)c(-c3nc4cc(CC)ccc4o3)c2)C1. The average molecular weight is 413 g/mol. The summed E-state index contributed by atoms with van der Waals surface area (Å²) < 4.78 is 11.0. The fraction of sp³-hybridized carbons (Fsp3) is 0.318. The summed E-state index contributed by atoms with van der Waals surface area (Å²) in [6.45, 7) is 4.42. The van der Waals surface area contributed by atoms with Crippen LogP contribution in [0.15, 0.2) is 40.8 Å². The maximum absolute atomic E-state index is 12.5. The zero-order valence-corrected chi connectivity index (χ0v) is 17.0. The number of hydrogen-bond acceptors (Lipinski definition) is 5. The van der Waals surface area contributed by atoms with E-state index in [1.54, 1.807) is 30.0 Å². The Labute approximate surface area is 173 Å². The second-order valence-electron chi connectivity index (χ2n) is 7.00. The molecule has 0 aliphatic carbocycles. The lowest BCUT2D eigenvalue weighted by Crippen LogP contribution is -2.26. The van der Waals surface area contributed by atoms with E-state index in [-0.39, 0.29) is 24.8 Å². The smallest absolute Gasteiger partial charge is 0.311 e. The first-order valence-corrected chi connectivity index (χ1v) is 10.0. The highest BCUT2D eigenvalue weighted by atomic mass is 35.5. The Hall–Kier alpha value is -2.86. The maximum Gasteiger partial charge on any atom is 0.311 e. The number of benzene rings is 2. The van der Waals surface area contributed by atoms with Crippen LogP contribution in [0.25, 0.3) is 22.6 Å². The Balaban J connectivity index is 1.66. The molecular weight excluding hydrogens is 392 g/mol. The van der Waals surface area contributed by atoms with Crippen LogP contribution in [0.4, 0.5) is 5.69 Å². The van der Waals surface area contributed by atoms with Gasteiger partial charge in [0, 0.05) is 18.7 Å². The van der Waals surface area contributed by atoms with Crippen molar-refractivity contribution < 1.29 is 18.7 Å². The number of halogens is 1. The van der Waals surface area contributed by atoms with E-state index in [0.717, 1.165) is 11.9 Å². The van der Waals surface area contributed by atoms with E-state index >= 15 is 0 Å². The lowest BCUT2D eigenvalue weighted by atomic mass is 10.1. The first-order valence-electron chi connectivity index (χ1n) is 9.66. The monoisotopic (exact) mass is 412 g/mol. The number of esters is 1. The summed E-state index contributed by atoms with van der Waals surface area (Å²) in [5.74, 6) is -0.531. The van der Waals surface area contributed by atoms with Crippen LogP contribution < -0.4 is 4.90 Å². The van der Waals surface area contributed by atoms with Crippen molar-refractivity contribution in [1.82, 2.24) is 4.98 Å². The van der Waals surface area contributed by atoms with Crippen molar-refractivity contribution in [2.24, 2.45) is 5.92 Å². The molecular formula is C22H21ClN2O4. The van der Waals surface area contributed by atoms with Gasteiger partial charge in [-0.2, -0.15) is 0 Å². The number of hydrogen-bond donors (Lipinski definition) is 0. The molecule has 150 valence electrons. The van der Waals surface area contributed by atoms with Crippen molar-refractivity contribution in [3.63, 3.8) is 0 Å². The number of amides is 1. The molecule has 0 bridgehead atoms. The number of aryl methyl sites for hydroxylation is 1. The molecule has 4 rings (SSSR count). The van der Waals surface area contributed by atoms with Crippen molar-refractivity contribution >= 4 is 40.3 Å². The lowest BCUT2D eigenvalue weighted by molar-refractivity contribution is -0.147. The van der Waals surface area contributed by atoms with Crippen LogP contribution in [0.3, 0.4) is 0 Å². The minimum atomic E-state index is -0.460. The summed E-state index contributed by atoms with van der Waals surface area (Å²) in [6.07, 6.45) is 1.05. The zero-order chi connectivity index (χ0) is 20.5. The predicted molar refractivity (Wildman–Crippen MR) is 111 cm³/mol. The molecule has 1 amide bonds. The average Bonchev–Trinajstić information content (AvgIpc) is 3.31. The van der Waals surface area contributed by atoms with Crippen molar-refractivity contribution in [2.45, 2.75) is 26.7 Å². The van der Waals surface area contributed by atoms with Gasteiger partial charge in [0.15, 0.2) is 5.58 Å². The number of carbonyl (C=O) groups excluding carboxylic acids is 2. The van der Waals surface area contributed by atoms with Gasteiger partial charge < -0.3 is 14.1 Å². The molecule has 2 aromatic carbocycles. The highest BCUT2D eigenvalue weighted by Gasteiger charge is 2.36.